The Kier molecular flexibility index (Phi) is 5.46. The third-order valence-electron chi connectivity index (χ3n) is 6.65. The molecule has 26 heavy (non-hydrogen) atoms. The molecule has 144 valence electrons. The fourth-order valence-electron chi connectivity index (χ4n) is 4.89. The summed E-state index contributed by atoms with van der Waals surface area (Å²) >= 11 is 0. The molecular formula is C21H35N5. The molecule has 1 aliphatic carbocycles. The van der Waals surface area contributed by atoms with Crippen molar-refractivity contribution in [1.29, 1.82) is 0 Å². The highest BCUT2D eigenvalue weighted by Crippen LogP contribution is 2.30. The maximum absolute atomic E-state index is 4.72. The Morgan fingerprint density at radius 1 is 1.04 bits per heavy atom. The summed E-state index contributed by atoms with van der Waals surface area (Å²) in [6, 6.07) is 1.50. The van der Waals surface area contributed by atoms with Gasteiger partial charge in [-0.05, 0) is 38.5 Å². The SMILES string of the molecule is CC(C)CC(C)N1CCc2c(ncnc2N2CCN(C3CCC3)CC2)C1. The van der Waals surface area contributed by atoms with Crippen molar-refractivity contribution in [3.05, 3.63) is 17.6 Å². The smallest absolute Gasteiger partial charge is 0.135 e. The van der Waals surface area contributed by atoms with Crippen molar-refractivity contribution in [3.8, 4) is 0 Å². The minimum atomic E-state index is 0.632. The first-order valence-corrected chi connectivity index (χ1v) is 10.7. The van der Waals surface area contributed by atoms with Gasteiger partial charge in [0.25, 0.3) is 0 Å². The van der Waals surface area contributed by atoms with Crippen LogP contribution in [0, 0.1) is 5.92 Å². The highest BCUT2D eigenvalue weighted by molar-refractivity contribution is 5.50. The fourth-order valence-corrected chi connectivity index (χ4v) is 4.89. The first-order valence-electron chi connectivity index (χ1n) is 10.7. The second kappa shape index (κ2) is 7.81. The zero-order valence-corrected chi connectivity index (χ0v) is 16.8. The van der Waals surface area contributed by atoms with E-state index in [2.05, 4.69) is 40.5 Å². The van der Waals surface area contributed by atoms with Crippen molar-refractivity contribution >= 4 is 5.82 Å². The number of piperazine rings is 1. The number of hydrogen-bond donors (Lipinski definition) is 0. The second-order valence-corrected chi connectivity index (χ2v) is 8.93. The van der Waals surface area contributed by atoms with Crippen LogP contribution in [0.2, 0.25) is 0 Å². The van der Waals surface area contributed by atoms with Crippen LogP contribution in [0.25, 0.3) is 0 Å². The van der Waals surface area contributed by atoms with Gasteiger partial charge in [-0.15, -0.1) is 0 Å². The van der Waals surface area contributed by atoms with Gasteiger partial charge in [0.15, 0.2) is 0 Å². The topological polar surface area (TPSA) is 35.5 Å². The summed E-state index contributed by atoms with van der Waals surface area (Å²) in [7, 11) is 0. The molecule has 5 heteroatoms. The van der Waals surface area contributed by atoms with Crippen molar-refractivity contribution in [2.45, 2.75) is 71.5 Å². The lowest BCUT2D eigenvalue weighted by Crippen LogP contribution is -2.52. The lowest BCUT2D eigenvalue weighted by molar-refractivity contribution is 0.120. The van der Waals surface area contributed by atoms with Crippen LogP contribution in [0.5, 0.6) is 0 Å². The van der Waals surface area contributed by atoms with Crippen molar-refractivity contribution in [3.63, 3.8) is 0 Å². The average molecular weight is 358 g/mol. The molecule has 2 aliphatic heterocycles. The lowest BCUT2D eigenvalue weighted by Gasteiger charge is -2.44. The molecule has 1 unspecified atom stereocenters. The summed E-state index contributed by atoms with van der Waals surface area (Å²) in [5.41, 5.74) is 2.68. The zero-order valence-electron chi connectivity index (χ0n) is 16.8. The summed E-state index contributed by atoms with van der Waals surface area (Å²) < 4.78 is 0. The van der Waals surface area contributed by atoms with Gasteiger partial charge >= 0.3 is 0 Å². The average Bonchev–Trinajstić information content (AvgIpc) is 2.59. The van der Waals surface area contributed by atoms with Gasteiger partial charge < -0.3 is 4.90 Å². The van der Waals surface area contributed by atoms with Crippen molar-refractivity contribution < 1.29 is 0 Å². The van der Waals surface area contributed by atoms with Crippen LogP contribution in [-0.2, 0) is 13.0 Å². The molecule has 1 atom stereocenters. The van der Waals surface area contributed by atoms with E-state index in [0.717, 1.165) is 44.6 Å². The van der Waals surface area contributed by atoms with E-state index in [4.69, 9.17) is 4.98 Å². The van der Waals surface area contributed by atoms with E-state index < -0.39 is 0 Å². The van der Waals surface area contributed by atoms with Gasteiger partial charge in [0.2, 0.25) is 0 Å². The molecule has 1 aromatic rings. The highest BCUT2D eigenvalue weighted by Gasteiger charge is 2.30. The predicted molar refractivity (Wildman–Crippen MR) is 106 cm³/mol. The molecule has 0 radical (unpaired) electrons. The first kappa shape index (κ1) is 18.2. The van der Waals surface area contributed by atoms with E-state index >= 15 is 0 Å². The zero-order chi connectivity index (χ0) is 18.1. The quantitative estimate of drug-likeness (QED) is 0.810. The molecule has 0 N–H and O–H groups in total. The molecule has 2 fully saturated rings. The lowest BCUT2D eigenvalue weighted by atomic mass is 9.91. The first-order chi connectivity index (χ1) is 12.6. The number of hydrogen-bond acceptors (Lipinski definition) is 5. The van der Waals surface area contributed by atoms with Crippen LogP contribution in [0.1, 0.15) is 57.7 Å². The van der Waals surface area contributed by atoms with Gasteiger partial charge in [-0.2, -0.15) is 0 Å². The monoisotopic (exact) mass is 357 g/mol. The highest BCUT2D eigenvalue weighted by atomic mass is 15.3. The molecular weight excluding hydrogens is 322 g/mol. The molecule has 0 amide bonds. The van der Waals surface area contributed by atoms with Gasteiger partial charge in [-0.25, -0.2) is 9.97 Å². The van der Waals surface area contributed by atoms with E-state index in [0.29, 0.717) is 6.04 Å². The third-order valence-corrected chi connectivity index (χ3v) is 6.65. The largest absolute Gasteiger partial charge is 0.354 e. The van der Waals surface area contributed by atoms with Crippen molar-refractivity contribution in [2.24, 2.45) is 5.92 Å². The standard InChI is InChI=1S/C21H35N5/c1-16(2)13-17(3)26-8-7-19-20(14-26)22-15-23-21(19)25-11-9-24(10-12-25)18-5-4-6-18/h15-18H,4-14H2,1-3H3. The van der Waals surface area contributed by atoms with E-state index in [9.17, 15) is 0 Å². The molecule has 3 aliphatic rings. The summed E-state index contributed by atoms with van der Waals surface area (Å²) in [5.74, 6) is 1.97. The Morgan fingerprint density at radius 3 is 2.46 bits per heavy atom. The fraction of sp³-hybridized carbons (Fsp3) is 0.810. The number of rotatable bonds is 5. The molecule has 1 aromatic heterocycles. The van der Waals surface area contributed by atoms with Crippen LogP contribution in [0.3, 0.4) is 0 Å². The summed E-state index contributed by atoms with van der Waals surface area (Å²) in [6.45, 7) is 13.8. The summed E-state index contributed by atoms with van der Waals surface area (Å²) in [6.07, 6.45) is 8.40. The minimum Gasteiger partial charge on any atom is -0.354 e. The van der Waals surface area contributed by atoms with E-state index in [-0.39, 0.29) is 0 Å². The van der Waals surface area contributed by atoms with Crippen LogP contribution in [0.15, 0.2) is 6.33 Å². The third kappa shape index (κ3) is 3.74. The van der Waals surface area contributed by atoms with Crippen molar-refractivity contribution in [2.75, 3.05) is 37.6 Å². The summed E-state index contributed by atoms with van der Waals surface area (Å²) in [4.78, 5) is 17.2. The predicted octanol–water partition coefficient (Wildman–Crippen LogP) is 2.94. The van der Waals surface area contributed by atoms with Gasteiger partial charge in [-0.1, -0.05) is 20.3 Å². The molecule has 0 aromatic carbocycles. The maximum atomic E-state index is 4.72. The number of anilines is 1. The molecule has 5 nitrogen and oxygen atoms in total. The normalized spacial score (nSPS) is 23.8. The Morgan fingerprint density at radius 2 is 1.81 bits per heavy atom. The second-order valence-electron chi connectivity index (χ2n) is 8.93. The van der Waals surface area contributed by atoms with E-state index in [1.165, 1.54) is 55.8 Å². The molecule has 1 saturated heterocycles. The van der Waals surface area contributed by atoms with Crippen LogP contribution in [0.4, 0.5) is 5.82 Å². The number of nitrogens with zero attached hydrogens (tertiary/aromatic N) is 5. The number of fused-ring (bicyclic) bond motifs is 1. The Labute approximate surface area is 158 Å². The Hall–Kier alpha value is -1.20. The Bertz CT molecular complexity index is 604. The van der Waals surface area contributed by atoms with Gasteiger partial charge in [0.1, 0.15) is 12.1 Å². The van der Waals surface area contributed by atoms with Gasteiger partial charge in [0.05, 0.1) is 5.69 Å². The van der Waals surface area contributed by atoms with E-state index in [1.54, 1.807) is 6.33 Å². The van der Waals surface area contributed by atoms with Gasteiger partial charge in [-0.3, -0.25) is 9.80 Å². The Balaban J connectivity index is 1.42. The molecule has 1 saturated carbocycles. The molecule has 0 bridgehead atoms. The van der Waals surface area contributed by atoms with Gasteiger partial charge in [0, 0.05) is 56.9 Å². The van der Waals surface area contributed by atoms with Crippen molar-refractivity contribution in [1.82, 2.24) is 19.8 Å². The van der Waals surface area contributed by atoms with Crippen LogP contribution >= 0.6 is 0 Å². The maximum Gasteiger partial charge on any atom is 0.135 e. The van der Waals surface area contributed by atoms with E-state index in [1.807, 2.05) is 0 Å². The van der Waals surface area contributed by atoms with Crippen LogP contribution in [-0.4, -0.2) is 64.6 Å². The number of aromatic nitrogens is 2. The molecule has 0 spiro atoms. The molecule has 4 rings (SSSR count). The van der Waals surface area contributed by atoms with Crippen LogP contribution < -0.4 is 4.90 Å². The minimum absolute atomic E-state index is 0.632. The summed E-state index contributed by atoms with van der Waals surface area (Å²) in [5, 5.41) is 0. The molecule has 3 heterocycles.